The van der Waals surface area contributed by atoms with Gasteiger partial charge in [-0.05, 0) is 110 Å². The summed E-state index contributed by atoms with van der Waals surface area (Å²) in [5.41, 5.74) is 18.6. The maximum absolute atomic E-state index is 6.88. The van der Waals surface area contributed by atoms with Crippen molar-refractivity contribution in [2.24, 2.45) is 0 Å². The first kappa shape index (κ1) is 31.6. The molecule has 0 atom stereocenters. The van der Waals surface area contributed by atoms with Crippen LogP contribution in [0.1, 0.15) is 0 Å². The largest absolute Gasteiger partial charge is 0.458 e. The zero-order valence-electron chi connectivity index (χ0n) is 31.3. The first-order valence-electron chi connectivity index (χ1n) is 20.0. The summed E-state index contributed by atoms with van der Waals surface area (Å²) < 4.78 is 16.2. The lowest BCUT2D eigenvalue weighted by molar-refractivity contribution is 0.465. The summed E-state index contributed by atoms with van der Waals surface area (Å²) in [5, 5.41) is 2.44. The third-order valence-electron chi connectivity index (χ3n) is 12.5. The standard InChI is InChI=1S/C54H32BNO2/c1-2-16-35-34(15-1)36-17-3-5-19-38(36)43-31-42(33-29-52-54-53(30-33)58-51-28-14-10-24-46(51)55(54)45-23-9-13-27-50(45)57-52)49(32-44(43)39-20-6-4-18-37(35)39)56-47-25-11-7-21-40(47)41-22-8-12-26-48(41)56/h1-32H. The van der Waals surface area contributed by atoms with Gasteiger partial charge in [0, 0.05) is 21.8 Å². The molecule has 0 radical (unpaired) electrons. The van der Waals surface area contributed by atoms with Crippen LogP contribution in [0.15, 0.2) is 194 Å². The minimum atomic E-state index is 0.00463. The molecule has 1 aliphatic carbocycles. The molecule has 0 amide bonds. The molecule has 0 saturated carbocycles. The molecule has 3 heterocycles. The Balaban J connectivity index is 1.17. The molecule has 0 fully saturated rings. The van der Waals surface area contributed by atoms with Gasteiger partial charge >= 0.3 is 0 Å². The highest BCUT2D eigenvalue weighted by Crippen LogP contribution is 2.51. The second kappa shape index (κ2) is 12.0. The van der Waals surface area contributed by atoms with Gasteiger partial charge in [-0.1, -0.05) is 146 Å². The molecule has 58 heavy (non-hydrogen) atoms. The van der Waals surface area contributed by atoms with Crippen molar-refractivity contribution < 1.29 is 9.47 Å². The summed E-state index contributed by atoms with van der Waals surface area (Å²) in [5.74, 6) is 3.41. The minimum absolute atomic E-state index is 0.00463. The van der Waals surface area contributed by atoms with Gasteiger partial charge in [0.2, 0.25) is 0 Å². The number of hydrogen-bond acceptors (Lipinski definition) is 2. The number of benzene rings is 9. The van der Waals surface area contributed by atoms with Gasteiger partial charge < -0.3 is 14.0 Å². The highest BCUT2D eigenvalue weighted by atomic mass is 16.5. The van der Waals surface area contributed by atoms with Crippen LogP contribution in [0, 0.1) is 0 Å². The smallest absolute Gasteiger partial charge is 0.260 e. The van der Waals surface area contributed by atoms with E-state index in [0.29, 0.717) is 0 Å². The van der Waals surface area contributed by atoms with Crippen molar-refractivity contribution in [2.45, 2.75) is 0 Å². The Morgan fingerprint density at radius 1 is 0.328 bits per heavy atom. The molecule has 0 bridgehead atoms. The molecule has 10 aromatic rings. The maximum atomic E-state index is 6.88. The molecule has 0 saturated heterocycles. The van der Waals surface area contributed by atoms with Crippen molar-refractivity contribution in [3.8, 4) is 84.3 Å². The molecule has 13 rings (SSSR count). The highest BCUT2D eigenvalue weighted by Gasteiger charge is 2.40. The van der Waals surface area contributed by atoms with Crippen molar-refractivity contribution in [2.75, 3.05) is 0 Å². The summed E-state index contributed by atoms with van der Waals surface area (Å²) >= 11 is 0. The van der Waals surface area contributed by atoms with Gasteiger partial charge in [0.15, 0.2) is 0 Å². The quantitative estimate of drug-likeness (QED) is 0.165. The van der Waals surface area contributed by atoms with Gasteiger partial charge in [-0.2, -0.15) is 0 Å². The average molecular weight is 738 g/mol. The Labute approximate surface area is 336 Å². The molecule has 3 aliphatic rings. The molecule has 0 N–H and O–H groups in total. The van der Waals surface area contributed by atoms with Crippen molar-refractivity contribution in [1.82, 2.24) is 4.57 Å². The van der Waals surface area contributed by atoms with E-state index >= 15 is 0 Å². The molecule has 3 nitrogen and oxygen atoms in total. The Hall–Kier alpha value is -7.56. The van der Waals surface area contributed by atoms with Crippen LogP contribution in [-0.4, -0.2) is 11.3 Å². The Morgan fingerprint density at radius 2 is 0.724 bits per heavy atom. The monoisotopic (exact) mass is 737 g/mol. The molecular formula is C54H32BNO2. The van der Waals surface area contributed by atoms with Crippen LogP contribution in [0.3, 0.4) is 0 Å². The summed E-state index contributed by atoms with van der Waals surface area (Å²) in [6.45, 7) is 0.00463. The Morgan fingerprint density at radius 3 is 1.22 bits per heavy atom. The van der Waals surface area contributed by atoms with Crippen LogP contribution in [-0.2, 0) is 0 Å². The lowest BCUT2D eigenvalue weighted by atomic mass is 9.35. The van der Waals surface area contributed by atoms with Crippen molar-refractivity contribution in [1.29, 1.82) is 0 Å². The molecule has 0 unspecified atom stereocenters. The van der Waals surface area contributed by atoms with Gasteiger partial charge in [-0.15, -0.1) is 0 Å². The van der Waals surface area contributed by atoms with Gasteiger partial charge in [0.05, 0.1) is 16.7 Å². The third-order valence-corrected chi connectivity index (χ3v) is 12.5. The van der Waals surface area contributed by atoms with Crippen molar-refractivity contribution >= 4 is 44.9 Å². The van der Waals surface area contributed by atoms with Crippen LogP contribution < -0.4 is 25.9 Å². The predicted octanol–water partition coefficient (Wildman–Crippen LogP) is 12.2. The molecule has 0 spiro atoms. The number of nitrogens with zero attached hydrogens (tertiary/aromatic N) is 1. The summed E-state index contributed by atoms with van der Waals surface area (Å²) in [4.78, 5) is 0. The highest BCUT2D eigenvalue weighted by molar-refractivity contribution is 6.98. The minimum Gasteiger partial charge on any atom is -0.458 e. The van der Waals surface area contributed by atoms with E-state index in [1.54, 1.807) is 0 Å². The average Bonchev–Trinajstić information content (AvgIpc) is 3.62. The van der Waals surface area contributed by atoms with E-state index in [9.17, 15) is 0 Å². The normalized spacial score (nSPS) is 12.7. The van der Waals surface area contributed by atoms with E-state index in [2.05, 4.69) is 199 Å². The maximum Gasteiger partial charge on any atom is 0.260 e. The SMILES string of the molecule is c1ccc2c(c1)Oc1cc(-c3cc4c(cc3-n3c5ccccc5c5ccccc53)-c3ccccc3-c3ccccc3-c3ccccc3-4)cc3c1B2c1ccccc1O3. The Kier molecular flexibility index (Phi) is 6.53. The van der Waals surface area contributed by atoms with Crippen LogP contribution in [0.25, 0.3) is 83.1 Å². The van der Waals surface area contributed by atoms with Gasteiger partial charge in [-0.25, -0.2) is 0 Å². The zero-order chi connectivity index (χ0) is 37.9. The van der Waals surface area contributed by atoms with Crippen LogP contribution in [0.4, 0.5) is 0 Å². The topological polar surface area (TPSA) is 23.4 Å². The fourth-order valence-electron chi connectivity index (χ4n) is 10.0. The van der Waals surface area contributed by atoms with E-state index in [0.717, 1.165) is 67.2 Å². The number of hydrogen-bond donors (Lipinski definition) is 0. The van der Waals surface area contributed by atoms with Crippen LogP contribution in [0.5, 0.6) is 23.0 Å². The number of aromatic nitrogens is 1. The van der Waals surface area contributed by atoms with Gasteiger partial charge in [0.1, 0.15) is 23.0 Å². The summed E-state index contributed by atoms with van der Waals surface area (Å²) in [6, 6.07) is 70.4. The van der Waals surface area contributed by atoms with E-state index in [-0.39, 0.29) is 6.71 Å². The lowest BCUT2D eigenvalue weighted by Crippen LogP contribution is -2.57. The third kappa shape index (κ3) is 4.40. The van der Waals surface area contributed by atoms with E-state index in [1.165, 1.54) is 55.3 Å². The number of fused-ring (bicyclic) bond motifs is 15. The summed E-state index contributed by atoms with van der Waals surface area (Å²) in [7, 11) is 0. The molecule has 268 valence electrons. The predicted molar refractivity (Wildman–Crippen MR) is 239 cm³/mol. The van der Waals surface area contributed by atoms with Crippen molar-refractivity contribution in [3.05, 3.63) is 194 Å². The van der Waals surface area contributed by atoms with Gasteiger partial charge in [0.25, 0.3) is 6.71 Å². The fraction of sp³-hybridized carbons (Fsp3) is 0. The summed E-state index contributed by atoms with van der Waals surface area (Å²) in [6.07, 6.45) is 0. The first-order valence-corrected chi connectivity index (χ1v) is 20.0. The number of para-hydroxylation sites is 4. The molecule has 9 aromatic carbocycles. The van der Waals surface area contributed by atoms with Crippen LogP contribution >= 0.6 is 0 Å². The second-order valence-electron chi connectivity index (χ2n) is 15.5. The number of rotatable bonds is 2. The zero-order valence-corrected chi connectivity index (χ0v) is 31.3. The molecule has 2 aliphatic heterocycles. The fourth-order valence-corrected chi connectivity index (χ4v) is 10.0. The van der Waals surface area contributed by atoms with E-state index in [4.69, 9.17) is 9.47 Å². The first-order chi connectivity index (χ1) is 28.8. The number of ether oxygens (including phenoxy) is 2. The van der Waals surface area contributed by atoms with Gasteiger partial charge in [-0.3, -0.25) is 0 Å². The van der Waals surface area contributed by atoms with Crippen molar-refractivity contribution in [3.63, 3.8) is 0 Å². The van der Waals surface area contributed by atoms with Crippen LogP contribution in [0.2, 0.25) is 0 Å². The lowest BCUT2D eigenvalue weighted by Gasteiger charge is -2.33. The molecule has 4 heteroatoms. The molecule has 1 aromatic heterocycles. The molecular weight excluding hydrogens is 705 g/mol. The van der Waals surface area contributed by atoms with E-state index < -0.39 is 0 Å². The Bertz CT molecular complexity index is 3250. The van der Waals surface area contributed by atoms with E-state index in [1.807, 2.05) is 0 Å². The second-order valence-corrected chi connectivity index (χ2v) is 15.5.